The predicted octanol–water partition coefficient (Wildman–Crippen LogP) is 1.87. The van der Waals surface area contributed by atoms with Crippen molar-refractivity contribution in [3.63, 3.8) is 0 Å². The lowest BCUT2D eigenvalue weighted by atomic mass is 10.2. The number of methoxy groups -OCH3 is 2. The van der Waals surface area contributed by atoms with Gasteiger partial charge in [-0.05, 0) is 36.4 Å². The molecule has 11 heteroatoms. The van der Waals surface area contributed by atoms with Crippen molar-refractivity contribution in [2.75, 3.05) is 27.4 Å². The smallest absolute Gasteiger partial charge is 0.341 e. The molecule has 0 aliphatic carbocycles. The van der Waals surface area contributed by atoms with Gasteiger partial charge in [0, 0.05) is 12.1 Å². The summed E-state index contributed by atoms with van der Waals surface area (Å²) < 4.78 is 63.7. The molecule has 8 nitrogen and oxygen atoms in total. The number of halogens is 2. The van der Waals surface area contributed by atoms with Gasteiger partial charge in [0.05, 0.1) is 19.1 Å². The van der Waals surface area contributed by atoms with Gasteiger partial charge in [-0.15, -0.1) is 0 Å². The van der Waals surface area contributed by atoms with Gasteiger partial charge in [0.25, 0.3) is 5.91 Å². The Kier molecular flexibility index (Phi) is 7.95. The molecule has 0 fully saturated rings. The molecule has 1 unspecified atom stereocenters. The number of carbonyl (C=O) groups excluding carboxylic acids is 1. The molecule has 0 saturated carbocycles. The van der Waals surface area contributed by atoms with Crippen molar-refractivity contribution in [3.05, 3.63) is 48.0 Å². The summed E-state index contributed by atoms with van der Waals surface area (Å²) in [6.45, 7) is -0.351. The van der Waals surface area contributed by atoms with Crippen molar-refractivity contribution < 1.29 is 41.3 Å². The number of sulfone groups is 1. The predicted molar refractivity (Wildman–Crippen MR) is 103 cm³/mol. The van der Waals surface area contributed by atoms with Gasteiger partial charge >= 0.3 is 5.76 Å². The number of aliphatic hydroxyl groups is 1. The second-order valence-corrected chi connectivity index (χ2v) is 7.91. The standard InChI is InChI=1S/C19H21F2NO7S/c1-27-15-4-3-5-16(28-2)17(15)29-11-13(23)10-22-18(24)12-6-8-14(9-7-12)30(25,26)19(20)21/h3-9,13,19,23H,10-11H2,1-2H3,(H,22,24). The molecule has 2 aromatic carbocycles. The van der Waals surface area contributed by atoms with E-state index in [-0.39, 0.29) is 18.7 Å². The van der Waals surface area contributed by atoms with E-state index in [0.29, 0.717) is 17.2 Å². The van der Waals surface area contributed by atoms with E-state index in [4.69, 9.17) is 14.2 Å². The topological polar surface area (TPSA) is 111 Å². The van der Waals surface area contributed by atoms with Gasteiger partial charge in [-0.3, -0.25) is 4.79 Å². The largest absolute Gasteiger partial charge is 0.493 e. The van der Waals surface area contributed by atoms with Crippen molar-refractivity contribution in [1.82, 2.24) is 5.32 Å². The second kappa shape index (κ2) is 10.2. The van der Waals surface area contributed by atoms with Gasteiger partial charge in [0.15, 0.2) is 11.5 Å². The van der Waals surface area contributed by atoms with Crippen LogP contribution in [0.15, 0.2) is 47.4 Å². The molecular formula is C19H21F2NO7S. The van der Waals surface area contributed by atoms with Crippen LogP contribution in [0, 0.1) is 0 Å². The molecule has 0 heterocycles. The summed E-state index contributed by atoms with van der Waals surface area (Å²) in [6.07, 6.45) is -1.08. The second-order valence-electron chi connectivity index (χ2n) is 6.00. The zero-order chi connectivity index (χ0) is 22.3. The van der Waals surface area contributed by atoms with Crippen LogP contribution in [0.4, 0.5) is 8.78 Å². The molecular weight excluding hydrogens is 424 g/mol. The number of carbonyl (C=O) groups is 1. The molecule has 0 aromatic heterocycles. The Morgan fingerprint density at radius 3 is 2.13 bits per heavy atom. The third-order valence-corrected chi connectivity index (χ3v) is 5.38. The van der Waals surface area contributed by atoms with Crippen LogP contribution < -0.4 is 19.5 Å². The normalized spacial score (nSPS) is 12.3. The number of para-hydroxylation sites is 1. The van der Waals surface area contributed by atoms with Crippen molar-refractivity contribution >= 4 is 15.7 Å². The molecule has 0 spiro atoms. The number of aliphatic hydroxyl groups excluding tert-OH is 1. The van der Waals surface area contributed by atoms with Crippen molar-refractivity contribution in [2.45, 2.75) is 16.8 Å². The van der Waals surface area contributed by atoms with E-state index in [1.165, 1.54) is 14.2 Å². The number of rotatable bonds is 10. The van der Waals surface area contributed by atoms with Crippen LogP contribution in [0.2, 0.25) is 0 Å². The molecule has 0 aliphatic heterocycles. The van der Waals surface area contributed by atoms with E-state index < -0.39 is 32.5 Å². The summed E-state index contributed by atoms with van der Waals surface area (Å²) in [5.74, 6) is -3.06. The number of nitrogens with one attached hydrogen (secondary N) is 1. The molecule has 2 N–H and O–H groups in total. The summed E-state index contributed by atoms with van der Waals surface area (Å²) in [5.41, 5.74) is 0.0442. The molecule has 1 amide bonds. The van der Waals surface area contributed by atoms with Crippen LogP contribution in [-0.2, 0) is 9.84 Å². The quantitative estimate of drug-likeness (QED) is 0.574. The zero-order valence-corrected chi connectivity index (χ0v) is 17.0. The van der Waals surface area contributed by atoms with E-state index >= 15 is 0 Å². The number of alkyl halides is 2. The molecule has 164 valence electrons. The first kappa shape index (κ1) is 23.4. The summed E-state index contributed by atoms with van der Waals surface area (Å²) in [5, 5.41) is 12.5. The Morgan fingerprint density at radius 2 is 1.63 bits per heavy atom. The molecule has 0 saturated heterocycles. The minimum atomic E-state index is -4.73. The summed E-state index contributed by atoms with van der Waals surface area (Å²) in [4.78, 5) is 11.5. The van der Waals surface area contributed by atoms with Gasteiger partial charge in [0.1, 0.15) is 12.7 Å². The Balaban J connectivity index is 1.92. The highest BCUT2D eigenvalue weighted by molar-refractivity contribution is 7.91. The number of hydrogen-bond acceptors (Lipinski definition) is 7. The van der Waals surface area contributed by atoms with E-state index in [2.05, 4.69) is 5.32 Å². The first-order chi connectivity index (χ1) is 14.2. The van der Waals surface area contributed by atoms with Crippen molar-refractivity contribution in [1.29, 1.82) is 0 Å². The van der Waals surface area contributed by atoms with E-state index in [9.17, 15) is 27.1 Å². The van der Waals surface area contributed by atoms with Crippen LogP contribution in [0.25, 0.3) is 0 Å². The van der Waals surface area contributed by atoms with Crippen LogP contribution in [0.1, 0.15) is 10.4 Å². The van der Waals surface area contributed by atoms with Crippen molar-refractivity contribution in [3.8, 4) is 17.2 Å². The maximum Gasteiger partial charge on any atom is 0.341 e. The fourth-order valence-electron chi connectivity index (χ4n) is 2.41. The Morgan fingerprint density at radius 1 is 1.07 bits per heavy atom. The lowest BCUT2D eigenvalue weighted by molar-refractivity contribution is 0.0833. The summed E-state index contributed by atoms with van der Waals surface area (Å²) >= 11 is 0. The Bertz CT molecular complexity index is 943. The van der Waals surface area contributed by atoms with Gasteiger partial charge in [-0.2, -0.15) is 8.78 Å². The van der Waals surface area contributed by atoms with Gasteiger partial charge in [-0.25, -0.2) is 8.42 Å². The maximum atomic E-state index is 12.5. The summed E-state index contributed by atoms with van der Waals surface area (Å²) in [6, 6.07) is 9.07. The average Bonchev–Trinajstić information content (AvgIpc) is 2.75. The zero-order valence-electron chi connectivity index (χ0n) is 16.2. The van der Waals surface area contributed by atoms with E-state index in [0.717, 1.165) is 24.3 Å². The summed E-state index contributed by atoms with van der Waals surface area (Å²) in [7, 11) is -1.82. The van der Waals surface area contributed by atoms with Crippen molar-refractivity contribution in [2.24, 2.45) is 0 Å². The Hall–Kier alpha value is -2.92. The first-order valence-corrected chi connectivity index (χ1v) is 10.2. The lowest BCUT2D eigenvalue weighted by Gasteiger charge is -2.17. The lowest BCUT2D eigenvalue weighted by Crippen LogP contribution is -2.35. The van der Waals surface area contributed by atoms with E-state index in [1.807, 2.05) is 0 Å². The molecule has 0 aliphatic rings. The minimum absolute atomic E-state index is 0.0442. The fourth-order valence-corrected chi connectivity index (χ4v) is 3.13. The Labute approximate surface area is 172 Å². The van der Waals surface area contributed by atoms with Crippen LogP contribution in [0.3, 0.4) is 0 Å². The maximum absolute atomic E-state index is 12.5. The highest BCUT2D eigenvalue weighted by atomic mass is 32.2. The average molecular weight is 445 g/mol. The van der Waals surface area contributed by atoms with Crippen LogP contribution >= 0.6 is 0 Å². The van der Waals surface area contributed by atoms with Crippen LogP contribution in [0.5, 0.6) is 17.2 Å². The third kappa shape index (κ3) is 5.57. The third-order valence-electron chi connectivity index (χ3n) is 3.98. The minimum Gasteiger partial charge on any atom is -0.493 e. The number of ether oxygens (including phenoxy) is 3. The molecule has 0 bridgehead atoms. The highest BCUT2D eigenvalue weighted by Crippen LogP contribution is 2.36. The molecule has 0 radical (unpaired) electrons. The molecule has 1 atom stereocenters. The molecule has 2 aromatic rings. The first-order valence-electron chi connectivity index (χ1n) is 8.62. The molecule has 30 heavy (non-hydrogen) atoms. The number of hydrogen-bond donors (Lipinski definition) is 2. The highest BCUT2D eigenvalue weighted by Gasteiger charge is 2.26. The SMILES string of the molecule is COc1cccc(OC)c1OCC(O)CNC(=O)c1ccc(S(=O)(=O)C(F)F)cc1. The fraction of sp³-hybridized carbons (Fsp3) is 0.316. The number of amides is 1. The monoisotopic (exact) mass is 445 g/mol. The van der Waals surface area contributed by atoms with E-state index in [1.54, 1.807) is 18.2 Å². The van der Waals surface area contributed by atoms with Gasteiger partial charge in [-0.1, -0.05) is 6.07 Å². The van der Waals surface area contributed by atoms with Gasteiger partial charge < -0.3 is 24.6 Å². The van der Waals surface area contributed by atoms with Gasteiger partial charge in [0.2, 0.25) is 15.6 Å². The number of benzene rings is 2. The van der Waals surface area contributed by atoms with Crippen LogP contribution in [-0.4, -0.2) is 58.7 Å². The molecule has 2 rings (SSSR count).